The first-order chi connectivity index (χ1) is 17.7. The number of halogens is 1. The molecule has 1 heterocycles. The van der Waals surface area contributed by atoms with Crippen molar-refractivity contribution in [2.24, 2.45) is 0 Å². The van der Waals surface area contributed by atoms with E-state index in [4.69, 9.17) is 9.47 Å². The molecular weight excluding hydrogens is 590 g/mol. The minimum Gasteiger partial charge on any atom is -0.506 e. The summed E-state index contributed by atoms with van der Waals surface area (Å²) in [5.74, 6) is 0.467. The van der Waals surface area contributed by atoms with Gasteiger partial charge in [-0.25, -0.2) is 13.2 Å². The van der Waals surface area contributed by atoms with Gasteiger partial charge in [-0.2, -0.15) is 0 Å². The Balaban J connectivity index is 0.00000533. The fourth-order valence-electron chi connectivity index (χ4n) is 4.62. The number of cyclic esters (lactones) is 1. The number of methoxy groups -OCH3 is 1. The first-order valence-electron chi connectivity index (χ1n) is 12.7. The Hall–Kier alpha value is -2.54. The number of hydrogen-bond acceptors (Lipinski definition) is 8. The van der Waals surface area contributed by atoms with Gasteiger partial charge < -0.3 is 25.0 Å². The molecule has 1 atom stereocenters. The second-order valence-corrected chi connectivity index (χ2v) is 12.0. The third-order valence-corrected chi connectivity index (χ3v) is 7.66. The number of rotatable bonds is 12. The van der Waals surface area contributed by atoms with E-state index >= 15 is 0 Å². The third-order valence-electron chi connectivity index (χ3n) is 7.07. The van der Waals surface area contributed by atoms with Crippen LogP contribution in [0.15, 0.2) is 36.4 Å². The van der Waals surface area contributed by atoms with Crippen molar-refractivity contribution in [1.82, 2.24) is 5.32 Å². The van der Waals surface area contributed by atoms with Gasteiger partial charge in [-0.15, -0.1) is 17.0 Å². The zero-order chi connectivity index (χ0) is 28.3. The summed E-state index contributed by atoms with van der Waals surface area (Å²) in [4.78, 5) is 14.8. The second kappa shape index (κ2) is 12.8. The normalized spacial score (nSPS) is 15.6. The Morgan fingerprint density at radius 2 is 1.82 bits per heavy atom. The molecule has 0 saturated heterocycles. The van der Waals surface area contributed by atoms with Crippen molar-refractivity contribution in [2.75, 3.05) is 36.1 Å². The number of ether oxygens (including phenoxy) is 2. The Morgan fingerprint density at radius 3 is 2.41 bits per heavy atom. The quantitative estimate of drug-likeness (QED) is 0.245. The van der Waals surface area contributed by atoms with Gasteiger partial charge >= 0.3 is 6.09 Å². The van der Waals surface area contributed by atoms with Crippen LogP contribution in [0.5, 0.6) is 11.5 Å². The van der Waals surface area contributed by atoms with E-state index in [1.807, 2.05) is 45.9 Å². The van der Waals surface area contributed by atoms with Crippen LogP contribution in [0.4, 0.5) is 16.2 Å². The SMILES string of the molecule is Br.CCC1(CC)OC(=O)N(CCC(C)(C)NCC(O)c2ccc(O)c(NS(C)(=O)=O)c2)c2ccc(OC)cc21. The lowest BCUT2D eigenvalue weighted by Gasteiger charge is -2.42. The first-order valence-corrected chi connectivity index (χ1v) is 14.6. The highest BCUT2D eigenvalue weighted by atomic mass is 79.9. The average molecular weight is 631 g/mol. The minimum atomic E-state index is -3.59. The monoisotopic (exact) mass is 629 g/mol. The van der Waals surface area contributed by atoms with E-state index in [9.17, 15) is 23.4 Å². The Morgan fingerprint density at radius 1 is 1.15 bits per heavy atom. The van der Waals surface area contributed by atoms with Crippen LogP contribution in [0.1, 0.15) is 64.2 Å². The summed E-state index contributed by atoms with van der Waals surface area (Å²) in [6.07, 6.45) is 1.48. The van der Waals surface area contributed by atoms with Crippen molar-refractivity contribution < 1.29 is 32.9 Å². The van der Waals surface area contributed by atoms with Gasteiger partial charge in [0.15, 0.2) is 0 Å². The fourth-order valence-corrected chi connectivity index (χ4v) is 5.18. The van der Waals surface area contributed by atoms with Crippen LogP contribution in [-0.4, -0.2) is 56.7 Å². The number of carbonyl (C=O) groups is 1. The molecule has 39 heavy (non-hydrogen) atoms. The van der Waals surface area contributed by atoms with Crippen molar-refractivity contribution >= 4 is 44.5 Å². The van der Waals surface area contributed by atoms with Crippen molar-refractivity contribution in [2.45, 2.75) is 64.2 Å². The summed E-state index contributed by atoms with van der Waals surface area (Å²) in [6.45, 7) is 8.51. The summed E-state index contributed by atoms with van der Waals surface area (Å²) in [5.41, 5.74) is 0.991. The number of carbonyl (C=O) groups excluding carboxylic acids is 1. The molecule has 1 amide bonds. The molecule has 0 spiro atoms. The number of aliphatic hydroxyl groups is 1. The number of hydrogen-bond donors (Lipinski definition) is 4. The van der Waals surface area contributed by atoms with Crippen LogP contribution >= 0.6 is 17.0 Å². The molecule has 218 valence electrons. The first kappa shape index (κ1) is 32.7. The van der Waals surface area contributed by atoms with E-state index in [0.29, 0.717) is 37.1 Å². The van der Waals surface area contributed by atoms with Crippen molar-refractivity contribution in [1.29, 1.82) is 0 Å². The number of nitrogens with zero attached hydrogens (tertiary/aromatic N) is 1. The van der Waals surface area contributed by atoms with Crippen LogP contribution in [0.25, 0.3) is 0 Å². The van der Waals surface area contributed by atoms with Gasteiger partial charge in [0.2, 0.25) is 10.0 Å². The van der Waals surface area contributed by atoms with Gasteiger partial charge in [-0.3, -0.25) is 9.62 Å². The number of phenols is 1. The number of nitrogens with one attached hydrogen (secondary N) is 2. The predicted molar refractivity (Wildman–Crippen MR) is 158 cm³/mol. The summed E-state index contributed by atoms with van der Waals surface area (Å²) in [5, 5.41) is 24.0. The third kappa shape index (κ3) is 7.77. The van der Waals surface area contributed by atoms with E-state index < -0.39 is 33.4 Å². The fraction of sp³-hybridized carbons (Fsp3) is 0.519. The molecule has 2 aromatic carbocycles. The van der Waals surface area contributed by atoms with Crippen LogP contribution in [0.3, 0.4) is 0 Å². The zero-order valence-corrected chi connectivity index (χ0v) is 25.8. The topological polar surface area (TPSA) is 137 Å². The van der Waals surface area contributed by atoms with E-state index in [1.165, 1.54) is 18.2 Å². The minimum absolute atomic E-state index is 0. The molecule has 1 aliphatic heterocycles. The van der Waals surface area contributed by atoms with Gasteiger partial charge in [-0.05, 0) is 69.0 Å². The molecule has 0 fully saturated rings. The number of aliphatic hydroxyl groups excluding tert-OH is 1. The molecule has 2 aromatic rings. The molecule has 1 aliphatic rings. The highest BCUT2D eigenvalue weighted by Gasteiger charge is 2.43. The summed E-state index contributed by atoms with van der Waals surface area (Å²) >= 11 is 0. The average Bonchev–Trinajstić information content (AvgIpc) is 2.86. The molecule has 0 aromatic heterocycles. The summed E-state index contributed by atoms with van der Waals surface area (Å²) in [6, 6.07) is 9.93. The van der Waals surface area contributed by atoms with Crippen molar-refractivity contribution in [3.8, 4) is 11.5 Å². The van der Waals surface area contributed by atoms with Gasteiger partial charge in [0.05, 0.1) is 30.8 Å². The van der Waals surface area contributed by atoms with Gasteiger partial charge in [0, 0.05) is 24.2 Å². The van der Waals surface area contributed by atoms with Crippen molar-refractivity contribution in [3.63, 3.8) is 0 Å². The molecule has 0 radical (unpaired) electrons. The lowest BCUT2D eigenvalue weighted by molar-refractivity contribution is -0.00150. The maximum Gasteiger partial charge on any atom is 0.415 e. The van der Waals surface area contributed by atoms with Gasteiger partial charge in [-0.1, -0.05) is 19.9 Å². The molecule has 0 saturated carbocycles. The van der Waals surface area contributed by atoms with E-state index in [1.54, 1.807) is 12.0 Å². The number of sulfonamides is 1. The molecule has 0 bridgehead atoms. The lowest BCUT2D eigenvalue weighted by atomic mass is 9.85. The predicted octanol–water partition coefficient (Wildman–Crippen LogP) is 4.81. The number of phenolic OH excluding ortho intramolecular Hbond substituents is 1. The van der Waals surface area contributed by atoms with E-state index in [-0.39, 0.29) is 35.0 Å². The highest BCUT2D eigenvalue weighted by molar-refractivity contribution is 8.93. The van der Waals surface area contributed by atoms with Crippen LogP contribution in [0.2, 0.25) is 0 Å². The maximum absolute atomic E-state index is 13.1. The smallest absolute Gasteiger partial charge is 0.415 e. The molecule has 4 N–H and O–H groups in total. The van der Waals surface area contributed by atoms with E-state index in [2.05, 4.69) is 10.0 Å². The highest BCUT2D eigenvalue weighted by Crippen LogP contribution is 2.45. The van der Waals surface area contributed by atoms with Gasteiger partial charge in [0.25, 0.3) is 0 Å². The Labute approximate surface area is 241 Å². The standard InChI is InChI=1S/C27H39N3O7S.BrH/c1-7-27(8-2)20-16-19(36-5)10-11-22(20)30(25(33)37-27)14-13-26(3,4)28-17-24(32)18-9-12-23(31)21(15-18)29-38(6,34)35;/h9-12,15-16,24,28-29,31-32H,7-8,13-14,17H2,1-6H3;1H. The van der Waals surface area contributed by atoms with Crippen LogP contribution in [0, 0.1) is 0 Å². The van der Waals surface area contributed by atoms with Crippen molar-refractivity contribution in [3.05, 3.63) is 47.5 Å². The second-order valence-electron chi connectivity index (χ2n) is 10.3. The number of anilines is 2. The Kier molecular flexibility index (Phi) is 10.7. The summed E-state index contributed by atoms with van der Waals surface area (Å²) < 4.78 is 36.8. The molecule has 0 aliphatic carbocycles. The Bertz CT molecular complexity index is 1270. The molecule has 3 rings (SSSR count). The molecule has 12 heteroatoms. The number of benzene rings is 2. The number of amides is 1. The number of fused-ring (bicyclic) bond motifs is 1. The molecule has 1 unspecified atom stereocenters. The number of β-amino-alcohol motifs (C(OH)–C–C–N with tert-alkyl or cyclic N) is 1. The molecule has 10 nitrogen and oxygen atoms in total. The molecular formula is C27H40BrN3O7S. The van der Waals surface area contributed by atoms with Crippen LogP contribution < -0.4 is 19.7 Å². The van der Waals surface area contributed by atoms with Crippen LogP contribution in [-0.2, 0) is 20.4 Å². The summed E-state index contributed by atoms with van der Waals surface area (Å²) in [7, 11) is -1.98. The van der Waals surface area contributed by atoms with E-state index in [0.717, 1.165) is 17.5 Å². The zero-order valence-electron chi connectivity index (χ0n) is 23.3. The maximum atomic E-state index is 13.1. The largest absolute Gasteiger partial charge is 0.506 e. The van der Waals surface area contributed by atoms with Gasteiger partial charge in [0.1, 0.15) is 17.1 Å². The number of aromatic hydroxyl groups is 1. The lowest BCUT2D eigenvalue weighted by Crippen LogP contribution is -2.49.